The van der Waals surface area contributed by atoms with Crippen molar-refractivity contribution >= 4 is 45.0 Å². The van der Waals surface area contributed by atoms with Gasteiger partial charge in [-0.15, -0.1) is 11.3 Å². The van der Waals surface area contributed by atoms with Crippen LogP contribution >= 0.6 is 27.3 Å². The predicted molar refractivity (Wildman–Crippen MR) is 75.8 cm³/mol. The van der Waals surface area contributed by atoms with Gasteiger partial charge in [-0.05, 0) is 22.9 Å². The highest BCUT2D eigenvalue weighted by molar-refractivity contribution is 9.10. The van der Waals surface area contributed by atoms with E-state index in [9.17, 15) is 9.59 Å². The summed E-state index contributed by atoms with van der Waals surface area (Å²) in [5.41, 5.74) is 0.128. The molecule has 0 bridgehead atoms. The minimum Gasteiger partial charge on any atom is -0.461 e. The number of thiazole rings is 1. The molecule has 0 radical (unpaired) electrons. The molecule has 0 atom stereocenters. The Hall–Kier alpha value is -1.87. The van der Waals surface area contributed by atoms with Gasteiger partial charge in [0.25, 0.3) is 5.91 Å². The summed E-state index contributed by atoms with van der Waals surface area (Å²) in [6, 6.07) is 0. The van der Waals surface area contributed by atoms with Crippen LogP contribution in [0.1, 0.15) is 27.2 Å². The van der Waals surface area contributed by atoms with Crippen LogP contribution in [0.3, 0.4) is 0 Å². The SMILES string of the molecule is CCOC(=O)c1nc(C(=O)Nc2cnc(Br)cn2)cs1. The fraction of sp³-hybridized carbons (Fsp3) is 0.182. The van der Waals surface area contributed by atoms with Crippen molar-refractivity contribution in [3.8, 4) is 0 Å². The number of halogens is 1. The standard InChI is InChI=1S/C11H9BrN4O3S/c1-2-19-11(18)10-15-6(5-20-10)9(17)16-8-4-13-7(12)3-14-8/h3-5H,2H2,1H3,(H,14,16,17). The van der Waals surface area contributed by atoms with Gasteiger partial charge in [-0.3, -0.25) is 4.79 Å². The number of anilines is 1. The predicted octanol–water partition coefficient (Wildman–Crippen LogP) is 2.12. The van der Waals surface area contributed by atoms with Crippen molar-refractivity contribution in [2.75, 3.05) is 11.9 Å². The fourth-order valence-corrected chi connectivity index (χ4v) is 2.12. The number of nitrogens with one attached hydrogen (secondary N) is 1. The molecule has 2 heterocycles. The number of rotatable bonds is 4. The first kappa shape index (κ1) is 14.5. The van der Waals surface area contributed by atoms with Gasteiger partial charge in [0.05, 0.1) is 19.0 Å². The molecule has 0 aliphatic heterocycles. The Balaban J connectivity index is 2.06. The van der Waals surface area contributed by atoms with Crippen molar-refractivity contribution in [2.45, 2.75) is 6.92 Å². The smallest absolute Gasteiger partial charge is 0.367 e. The van der Waals surface area contributed by atoms with E-state index in [1.54, 1.807) is 6.92 Å². The Kier molecular flexibility index (Phi) is 4.74. The third-order valence-corrected chi connectivity index (χ3v) is 3.28. The number of nitrogens with zero attached hydrogens (tertiary/aromatic N) is 3. The summed E-state index contributed by atoms with van der Waals surface area (Å²) in [5.74, 6) is -0.711. The molecule has 0 aliphatic carbocycles. The fourth-order valence-electron chi connectivity index (χ4n) is 1.22. The Labute approximate surface area is 126 Å². The summed E-state index contributed by atoms with van der Waals surface area (Å²) >= 11 is 4.19. The number of hydrogen-bond donors (Lipinski definition) is 1. The molecule has 0 fully saturated rings. The van der Waals surface area contributed by atoms with E-state index in [-0.39, 0.29) is 17.3 Å². The second-order valence-electron chi connectivity index (χ2n) is 3.44. The average Bonchev–Trinajstić information content (AvgIpc) is 2.91. The van der Waals surface area contributed by atoms with Gasteiger partial charge in [-0.2, -0.15) is 0 Å². The highest BCUT2D eigenvalue weighted by atomic mass is 79.9. The van der Waals surface area contributed by atoms with Crippen LogP contribution in [0.25, 0.3) is 0 Å². The number of carbonyl (C=O) groups excluding carboxylic acids is 2. The third-order valence-electron chi connectivity index (χ3n) is 2.05. The van der Waals surface area contributed by atoms with Crippen molar-refractivity contribution < 1.29 is 14.3 Å². The molecule has 2 aromatic rings. The highest BCUT2D eigenvalue weighted by Gasteiger charge is 2.16. The van der Waals surface area contributed by atoms with Gasteiger partial charge in [-0.25, -0.2) is 19.7 Å². The molecule has 1 N–H and O–H groups in total. The summed E-state index contributed by atoms with van der Waals surface area (Å²) in [6.07, 6.45) is 2.86. The van der Waals surface area contributed by atoms with Gasteiger partial charge < -0.3 is 10.1 Å². The summed E-state index contributed by atoms with van der Waals surface area (Å²) in [4.78, 5) is 35.1. The van der Waals surface area contributed by atoms with Crippen molar-refractivity contribution in [1.82, 2.24) is 15.0 Å². The van der Waals surface area contributed by atoms with Crippen LogP contribution in [-0.4, -0.2) is 33.4 Å². The van der Waals surface area contributed by atoms with E-state index in [0.717, 1.165) is 11.3 Å². The number of aromatic nitrogens is 3. The average molecular weight is 357 g/mol. The molecular formula is C11H9BrN4O3S. The quantitative estimate of drug-likeness (QED) is 0.843. The first-order chi connectivity index (χ1) is 9.60. The molecule has 0 unspecified atom stereocenters. The van der Waals surface area contributed by atoms with Gasteiger partial charge in [0.2, 0.25) is 5.01 Å². The highest BCUT2D eigenvalue weighted by Crippen LogP contribution is 2.13. The van der Waals surface area contributed by atoms with E-state index in [1.807, 2.05) is 0 Å². The second kappa shape index (κ2) is 6.53. The van der Waals surface area contributed by atoms with Crippen molar-refractivity contribution in [1.29, 1.82) is 0 Å². The monoisotopic (exact) mass is 356 g/mol. The first-order valence-corrected chi connectivity index (χ1v) is 7.19. The van der Waals surface area contributed by atoms with E-state index in [2.05, 4.69) is 36.2 Å². The minimum absolute atomic E-state index is 0.128. The van der Waals surface area contributed by atoms with Crippen LogP contribution in [-0.2, 0) is 4.74 Å². The maximum absolute atomic E-state index is 11.9. The first-order valence-electron chi connectivity index (χ1n) is 5.51. The lowest BCUT2D eigenvalue weighted by Gasteiger charge is -2.01. The van der Waals surface area contributed by atoms with Crippen molar-refractivity contribution in [2.24, 2.45) is 0 Å². The van der Waals surface area contributed by atoms with Crippen LogP contribution in [0.5, 0.6) is 0 Å². The van der Waals surface area contributed by atoms with Crippen LogP contribution in [0.4, 0.5) is 5.82 Å². The zero-order chi connectivity index (χ0) is 14.5. The van der Waals surface area contributed by atoms with Crippen molar-refractivity contribution in [3.05, 3.63) is 33.1 Å². The molecule has 0 spiro atoms. The van der Waals surface area contributed by atoms with E-state index < -0.39 is 11.9 Å². The molecule has 7 nitrogen and oxygen atoms in total. The lowest BCUT2D eigenvalue weighted by atomic mass is 10.4. The number of carbonyl (C=O) groups is 2. The Morgan fingerprint density at radius 2 is 2.20 bits per heavy atom. The second-order valence-corrected chi connectivity index (χ2v) is 5.11. The van der Waals surface area contributed by atoms with E-state index in [1.165, 1.54) is 17.8 Å². The van der Waals surface area contributed by atoms with Gasteiger partial charge in [0, 0.05) is 5.38 Å². The summed E-state index contributed by atoms with van der Waals surface area (Å²) in [5, 5.41) is 4.15. The maximum Gasteiger partial charge on any atom is 0.367 e. The van der Waals surface area contributed by atoms with Gasteiger partial charge in [0.1, 0.15) is 10.3 Å². The number of hydrogen-bond acceptors (Lipinski definition) is 7. The summed E-state index contributed by atoms with van der Waals surface area (Å²) in [7, 11) is 0. The normalized spacial score (nSPS) is 10.1. The minimum atomic E-state index is -0.542. The maximum atomic E-state index is 11.9. The molecule has 20 heavy (non-hydrogen) atoms. The van der Waals surface area contributed by atoms with Crippen LogP contribution in [0, 0.1) is 0 Å². The summed E-state index contributed by atoms with van der Waals surface area (Å²) < 4.78 is 5.37. The molecule has 0 aliphatic rings. The van der Waals surface area contributed by atoms with Crippen LogP contribution in [0.2, 0.25) is 0 Å². The molecule has 0 saturated heterocycles. The summed E-state index contributed by atoms with van der Waals surface area (Å²) in [6.45, 7) is 1.96. The Morgan fingerprint density at radius 1 is 1.40 bits per heavy atom. The Bertz CT molecular complexity index is 629. The van der Waals surface area contributed by atoms with Gasteiger partial charge in [-0.1, -0.05) is 0 Å². The van der Waals surface area contributed by atoms with E-state index >= 15 is 0 Å². The largest absolute Gasteiger partial charge is 0.461 e. The lowest BCUT2D eigenvalue weighted by Crippen LogP contribution is -2.14. The Morgan fingerprint density at radius 3 is 2.85 bits per heavy atom. The molecule has 0 saturated carbocycles. The zero-order valence-corrected chi connectivity index (χ0v) is 12.7. The molecule has 9 heteroatoms. The number of ether oxygens (including phenoxy) is 1. The molecule has 1 amide bonds. The zero-order valence-electron chi connectivity index (χ0n) is 10.3. The lowest BCUT2D eigenvalue weighted by molar-refractivity contribution is 0.0526. The van der Waals surface area contributed by atoms with Crippen LogP contribution < -0.4 is 5.32 Å². The van der Waals surface area contributed by atoms with Crippen molar-refractivity contribution in [3.63, 3.8) is 0 Å². The number of esters is 1. The molecule has 2 aromatic heterocycles. The van der Waals surface area contributed by atoms with Gasteiger partial charge >= 0.3 is 5.97 Å². The molecule has 2 rings (SSSR count). The third kappa shape index (κ3) is 3.58. The van der Waals surface area contributed by atoms with Crippen LogP contribution in [0.15, 0.2) is 22.4 Å². The van der Waals surface area contributed by atoms with E-state index in [0.29, 0.717) is 10.4 Å². The van der Waals surface area contributed by atoms with Gasteiger partial charge in [0.15, 0.2) is 5.82 Å². The molecule has 0 aromatic carbocycles. The van der Waals surface area contributed by atoms with E-state index in [4.69, 9.17) is 4.74 Å². The molecule has 104 valence electrons. The molecular weight excluding hydrogens is 348 g/mol. The topological polar surface area (TPSA) is 94.1 Å². The number of amides is 1.